The van der Waals surface area contributed by atoms with Crippen LogP contribution in [0.1, 0.15) is 37.1 Å². The van der Waals surface area contributed by atoms with Gasteiger partial charge in [0.25, 0.3) is 0 Å². The molecule has 0 bridgehead atoms. The van der Waals surface area contributed by atoms with Crippen molar-refractivity contribution in [1.82, 2.24) is 9.78 Å². The monoisotopic (exact) mass is 259 g/mol. The van der Waals surface area contributed by atoms with Gasteiger partial charge in [0.05, 0.1) is 18.8 Å². The number of hydrogen-bond donors (Lipinski definition) is 2. The van der Waals surface area contributed by atoms with Crippen molar-refractivity contribution >= 4 is 5.69 Å². The summed E-state index contributed by atoms with van der Waals surface area (Å²) < 4.78 is 1.90. The number of hydrogen-bond acceptors (Lipinski definition) is 3. The zero-order valence-corrected chi connectivity index (χ0v) is 11.7. The van der Waals surface area contributed by atoms with Crippen molar-refractivity contribution in [3.05, 3.63) is 47.8 Å². The number of nitrogens with zero attached hydrogens (tertiary/aromatic N) is 2. The Bertz CT molecular complexity index is 516. The van der Waals surface area contributed by atoms with Crippen LogP contribution in [0.3, 0.4) is 0 Å². The number of anilines is 1. The summed E-state index contributed by atoms with van der Waals surface area (Å²) in [5.41, 5.74) is 3.22. The normalized spacial score (nSPS) is 12.7. The van der Waals surface area contributed by atoms with Crippen LogP contribution in [0.2, 0.25) is 0 Å². The fraction of sp³-hybridized carbons (Fsp3) is 0.400. The second kappa shape index (κ2) is 5.89. The molecular weight excluding hydrogens is 238 g/mol. The third-order valence-electron chi connectivity index (χ3n) is 3.13. The second-order valence-corrected chi connectivity index (χ2v) is 5.09. The number of aliphatic hydroxyl groups is 1. The quantitative estimate of drug-likeness (QED) is 0.868. The molecule has 2 aromatic rings. The molecule has 1 aromatic heterocycles. The maximum absolute atomic E-state index is 9.54. The molecule has 2 N–H and O–H groups in total. The number of nitrogens with one attached hydrogen (secondary N) is 1. The first-order chi connectivity index (χ1) is 9.10. The summed E-state index contributed by atoms with van der Waals surface area (Å²) in [5, 5.41) is 17.2. The standard InChI is InChI=1S/C15H21N3O/c1-11(2)18-9-13(8-16-18)15(10-19)17-14-6-4-12(3)5-7-14/h4-9,11,15,17,19H,10H2,1-3H3. The predicted molar refractivity (Wildman–Crippen MR) is 77.2 cm³/mol. The third-order valence-corrected chi connectivity index (χ3v) is 3.13. The summed E-state index contributed by atoms with van der Waals surface area (Å²) in [5.74, 6) is 0. The van der Waals surface area contributed by atoms with Gasteiger partial charge in [-0.25, -0.2) is 0 Å². The van der Waals surface area contributed by atoms with Crippen LogP contribution in [-0.4, -0.2) is 21.5 Å². The molecule has 19 heavy (non-hydrogen) atoms. The van der Waals surface area contributed by atoms with E-state index in [4.69, 9.17) is 0 Å². The van der Waals surface area contributed by atoms with Gasteiger partial charge < -0.3 is 10.4 Å². The van der Waals surface area contributed by atoms with E-state index in [2.05, 4.69) is 31.2 Å². The van der Waals surface area contributed by atoms with Gasteiger partial charge in [0.2, 0.25) is 0 Å². The molecule has 0 saturated heterocycles. The number of aromatic nitrogens is 2. The molecule has 0 aliphatic rings. The lowest BCUT2D eigenvalue weighted by Crippen LogP contribution is -2.14. The molecule has 4 heteroatoms. The van der Waals surface area contributed by atoms with E-state index in [1.807, 2.05) is 41.3 Å². The van der Waals surface area contributed by atoms with E-state index in [1.165, 1.54) is 5.56 Å². The van der Waals surface area contributed by atoms with E-state index in [9.17, 15) is 5.11 Å². The van der Waals surface area contributed by atoms with E-state index in [1.54, 1.807) is 0 Å². The average molecular weight is 259 g/mol. The molecule has 0 spiro atoms. The Morgan fingerprint density at radius 3 is 2.47 bits per heavy atom. The van der Waals surface area contributed by atoms with Crippen molar-refractivity contribution in [3.63, 3.8) is 0 Å². The van der Waals surface area contributed by atoms with Crippen LogP contribution in [0, 0.1) is 6.92 Å². The van der Waals surface area contributed by atoms with Gasteiger partial charge in [-0.05, 0) is 32.9 Å². The van der Waals surface area contributed by atoms with Crippen LogP contribution in [-0.2, 0) is 0 Å². The molecule has 0 aliphatic carbocycles. The van der Waals surface area contributed by atoms with Crippen molar-refractivity contribution in [1.29, 1.82) is 0 Å². The van der Waals surface area contributed by atoms with Crippen LogP contribution < -0.4 is 5.32 Å². The van der Waals surface area contributed by atoms with Gasteiger partial charge in [-0.1, -0.05) is 17.7 Å². The Kier molecular flexibility index (Phi) is 4.22. The molecule has 0 radical (unpaired) electrons. The first kappa shape index (κ1) is 13.6. The lowest BCUT2D eigenvalue weighted by Gasteiger charge is -2.16. The SMILES string of the molecule is Cc1ccc(NC(CO)c2cnn(C(C)C)c2)cc1. The van der Waals surface area contributed by atoms with Gasteiger partial charge in [0.1, 0.15) is 0 Å². The maximum Gasteiger partial charge on any atom is 0.0775 e. The van der Waals surface area contributed by atoms with Crippen molar-refractivity contribution in [2.45, 2.75) is 32.9 Å². The maximum atomic E-state index is 9.54. The Labute approximate surface area is 114 Å². The molecular formula is C15H21N3O. The van der Waals surface area contributed by atoms with Gasteiger partial charge in [-0.2, -0.15) is 5.10 Å². The van der Waals surface area contributed by atoms with Crippen LogP contribution >= 0.6 is 0 Å². The summed E-state index contributed by atoms with van der Waals surface area (Å²) in [6, 6.07) is 8.33. The van der Waals surface area contributed by atoms with Gasteiger partial charge in [0, 0.05) is 23.5 Å². The van der Waals surface area contributed by atoms with Gasteiger partial charge in [-0.3, -0.25) is 4.68 Å². The molecule has 0 amide bonds. The minimum atomic E-state index is -0.129. The predicted octanol–water partition coefficient (Wildman–Crippen LogP) is 2.92. The lowest BCUT2D eigenvalue weighted by molar-refractivity contribution is 0.276. The van der Waals surface area contributed by atoms with Crippen molar-refractivity contribution in [3.8, 4) is 0 Å². The largest absolute Gasteiger partial charge is 0.394 e. The van der Waals surface area contributed by atoms with E-state index in [0.717, 1.165) is 11.3 Å². The molecule has 2 rings (SSSR count). The zero-order chi connectivity index (χ0) is 13.8. The molecule has 1 unspecified atom stereocenters. The molecule has 1 atom stereocenters. The number of aryl methyl sites for hydroxylation is 1. The highest BCUT2D eigenvalue weighted by Crippen LogP contribution is 2.20. The second-order valence-electron chi connectivity index (χ2n) is 5.09. The highest BCUT2D eigenvalue weighted by molar-refractivity contribution is 5.46. The third kappa shape index (κ3) is 3.35. The molecule has 1 heterocycles. The first-order valence-corrected chi connectivity index (χ1v) is 6.58. The zero-order valence-electron chi connectivity index (χ0n) is 11.7. The Morgan fingerprint density at radius 1 is 1.26 bits per heavy atom. The van der Waals surface area contributed by atoms with Crippen LogP contribution in [0.15, 0.2) is 36.7 Å². The summed E-state index contributed by atoms with van der Waals surface area (Å²) in [4.78, 5) is 0. The van der Waals surface area contributed by atoms with Crippen LogP contribution in [0.5, 0.6) is 0 Å². The Balaban J connectivity index is 2.12. The molecule has 4 nitrogen and oxygen atoms in total. The van der Waals surface area contributed by atoms with E-state index >= 15 is 0 Å². The van der Waals surface area contributed by atoms with Gasteiger partial charge in [-0.15, -0.1) is 0 Å². The van der Waals surface area contributed by atoms with Gasteiger partial charge in [0.15, 0.2) is 0 Å². The Hall–Kier alpha value is -1.81. The number of aliphatic hydroxyl groups excluding tert-OH is 1. The van der Waals surface area contributed by atoms with E-state index < -0.39 is 0 Å². The molecule has 1 aromatic carbocycles. The average Bonchev–Trinajstić information content (AvgIpc) is 2.88. The van der Waals surface area contributed by atoms with Crippen LogP contribution in [0.25, 0.3) is 0 Å². The molecule has 0 aliphatic heterocycles. The number of rotatable bonds is 5. The van der Waals surface area contributed by atoms with Crippen molar-refractivity contribution < 1.29 is 5.11 Å². The smallest absolute Gasteiger partial charge is 0.0775 e. The highest BCUT2D eigenvalue weighted by Gasteiger charge is 2.13. The van der Waals surface area contributed by atoms with Crippen molar-refractivity contribution in [2.75, 3.05) is 11.9 Å². The summed E-state index contributed by atoms with van der Waals surface area (Å²) in [7, 11) is 0. The fourth-order valence-corrected chi connectivity index (χ4v) is 1.90. The topological polar surface area (TPSA) is 50.1 Å². The fourth-order valence-electron chi connectivity index (χ4n) is 1.90. The molecule has 102 valence electrons. The number of benzene rings is 1. The van der Waals surface area contributed by atoms with Crippen LogP contribution in [0.4, 0.5) is 5.69 Å². The summed E-state index contributed by atoms with van der Waals surface area (Å²) in [6.45, 7) is 6.26. The minimum Gasteiger partial charge on any atom is -0.394 e. The molecule has 0 fully saturated rings. The minimum absolute atomic E-state index is 0.0394. The summed E-state index contributed by atoms with van der Waals surface area (Å²) >= 11 is 0. The lowest BCUT2D eigenvalue weighted by atomic mass is 10.1. The van der Waals surface area contributed by atoms with E-state index in [0.29, 0.717) is 6.04 Å². The highest BCUT2D eigenvalue weighted by atomic mass is 16.3. The van der Waals surface area contributed by atoms with Gasteiger partial charge >= 0.3 is 0 Å². The van der Waals surface area contributed by atoms with E-state index in [-0.39, 0.29) is 12.6 Å². The molecule has 0 saturated carbocycles. The first-order valence-electron chi connectivity index (χ1n) is 6.58. The van der Waals surface area contributed by atoms with Crippen molar-refractivity contribution in [2.24, 2.45) is 0 Å². The summed E-state index contributed by atoms with van der Waals surface area (Å²) in [6.07, 6.45) is 3.79. The Morgan fingerprint density at radius 2 is 1.95 bits per heavy atom.